The van der Waals surface area contributed by atoms with Crippen LogP contribution in [0.5, 0.6) is 5.75 Å². The number of benzene rings is 1. The topological polar surface area (TPSA) is 84.5 Å². The molecule has 0 saturated heterocycles. The molecule has 6 nitrogen and oxygen atoms in total. The smallest absolute Gasteiger partial charge is 0.262 e. The molecule has 0 atom stereocenters. The van der Waals surface area contributed by atoms with Crippen molar-refractivity contribution in [3.63, 3.8) is 0 Å². The molecule has 0 spiro atoms. The van der Waals surface area contributed by atoms with E-state index >= 15 is 0 Å². The Morgan fingerprint density at radius 3 is 2.48 bits per heavy atom. The fraction of sp³-hybridized carbons (Fsp3) is 0.562. The van der Waals surface area contributed by atoms with Gasteiger partial charge in [-0.3, -0.25) is 4.79 Å². The number of hydrogen-bond donors (Lipinski definition) is 2. The molecular formula is C16H24N2O4S. The molecule has 1 aliphatic heterocycles. The number of rotatable bonds is 4. The van der Waals surface area contributed by atoms with Crippen LogP contribution in [-0.2, 0) is 14.8 Å². The molecule has 0 aromatic heterocycles. The Morgan fingerprint density at radius 2 is 1.87 bits per heavy atom. The van der Waals surface area contributed by atoms with Gasteiger partial charge < -0.3 is 10.1 Å². The van der Waals surface area contributed by atoms with Crippen molar-refractivity contribution in [1.29, 1.82) is 0 Å². The molecule has 0 bridgehead atoms. The summed E-state index contributed by atoms with van der Waals surface area (Å²) in [6.07, 6.45) is 0.685. The molecule has 0 radical (unpaired) electrons. The minimum Gasteiger partial charge on any atom is -0.482 e. The third-order valence-corrected chi connectivity index (χ3v) is 4.97. The van der Waals surface area contributed by atoms with Gasteiger partial charge in [-0.2, -0.15) is 0 Å². The standard InChI is InChI=1S/C16H24N2O4S/c1-15(2,3)10-16(4,5)18-23(20,21)11-6-7-13-12(8-11)17-14(19)9-22-13/h6-8,18H,9-10H2,1-5H3,(H,17,19). The van der Waals surface area contributed by atoms with E-state index in [1.54, 1.807) is 6.07 Å². The number of carbonyl (C=O) groups is 1. The van der Waals surface area contributed by atoms with Crippen LogP contribution in [0.2, 0.25) is 0 Å². The van der Waals surface area contributed by atoms with Gasteiger partial charge in [-0.25, -0.2) is 13.1 Å². The van der Waals surface area contributed by atoms with Crippen molar-refractivity contribution in [3.05, 3.63) is 18.2 Å². The summed E-state index contributed by atoms with van der Waals surface area (Å²) in [5.41, 5.74) is -0.228. The van der Waals surface area contributed by atoms with E-state index in [0.29, 0.717) is 17.9 Å². The van der Waals surface area contributed by atoms with Crippen molar-refractivity contribution >= 4 is 21.6 Å². The van der Waals surface area contributed by atoms with Gasteiger partial charge in [0.05, 0.1) is 10.6 Å². The summed E-state index contributed by atoms with van der Waals surface area (Å²) in [6.45, 7) is 9.85. The van der Waals surface area contributed by atoms with E-state index in [2.05, 4.69) is 30.8 Å². The van der Waals surface area contributed by atoms with E-state index in [-0.39, 0.29) is 22.8 Å². The minimum atomic E-state index is -3.70. The number of hydrogen-bond acceptors (Lipinski definition) is 4. The van der Waals surface area contributed by atoms with Crippen molar-refractivity contribution < 1.29 is 17.9 Å². The molecule has 0 aliphatic carbocycles. The first-order valence-corrected chi connectivity index (χ1v) is 8.97. The van der Waals surface area contributed by atoms with Crippen molar-refractivity contribution in [3.8, 4) is 5.75 Å². The van der Waals surface area contributed by atoms with E-state index in [4.69, 9.17) is 4.74 Å². The van der Waals surface area contributed by atoms with Gasteiger partial charge in [0.25, 0.3) is 5.91 Å². The molecule has 1 aliphatic rings. The van der Waals surface area contributed by atoms with Crippen molar-refractivity contribution in [1.82, 2.24) is 4.72 Å². The molecule has 0 saturated carbocycles. The first-order chi connectivity index (χ1) is 10.4. The fourth-order valence-corrected chi connectivity index (χ4v) is 4.45. The highest BCUT2D eigenvalue weighted by molar-refractivity contribution is 7.89. The van der Waals surface area contributed by atoms with Gasteiger partial charge >= 0.3 is 0 Å². The Hall–Kier alpha value is -1.60. The van der Waals surface area contributed by atoms with E-state index < -0.39 is 15.6 Å². The Morgan fingerprint density at radius 1 is 1.22 bits per heavy atom. The average Bonchev–Trinajstić information content (AvgIpc) is 2.33. The second-order valence-electron chi connectivity index (χ2n) is 7.72. The maximum atomic E-state index is 12.6. The lowest BCUT2D eigenvalue weighted by molar-refractivity contribution is -0.118. The summed E-state index contributed by atoms with van der Waals surface area (Å²) >= 11 is 0. The molecule has 128 valence electrons. The molecule has 1 aromatic rings. The summed E-state index contributed by atoms with van der Waals surface area (Å²) in [4.78, 5) is 11.5. The molecular weight excluding hydrogens is 316 g/mol. The summed E-state index contributed by atoms with van der Waals surface area (Å²) in [6, 6.07) is 4.45. The monoisotopic (exact) mass is 340 g/mol. The van der Waals surface area contributed by atoms with Crippen molar-refractivity contribution in [2.45, 2.75) is 51.5 Å². The molecule has 1 aromatic carbocycles. The molecule has 0 fully saturated rings. The summed E-state index contributed by atoms with van der Waals surface area (Å²) in [5, 5.41) is 2.62. The molecule has 2 N–H and O–H groups in total. The summed E-state index contributed by atoms with van der Waals surface area (Å²) in [7, 11) is -3.70. The third kappa shape index (κ3) is 4.68. The number of sulfonamides is 1. The molecule has 2 rings (SSSR count). The second kappa shape index (κ2) is 5.79. The Labute approximate surface area is 137 Å². The predicted octanol–water partition coefficient (Wildman–Crippen LogP) is 2.51. The molecule has 1 amide bonds. The zero-order chi connectivity index (χ0) is 17.5. The molecule has 1 heterocycles. The minimum absolute atomic E-state index is 0.0102. The maximum absolute atomic E-state index is 12.6. The Balaban J connectivity index is 2.26. The highest BCUT2D eigenvalue weighted by Gasteiger charge is 2.31. The first-order valence-electron chi connectivity index (χ1n) is 7.49. The zero-order valence-corrected chi connectivity index (χ0v) is 15.0. The van der Waals surface area contributed by atoms with Gasteiger partial charge in [0.1, 0.15) is 5.75 Å². The largest absolute Gasteiger partial charge is 0.482 e. The van der Waals surface area contributed by atoms with Crippen LogP contribution < -0.4 is 14.8 Å². The van der Waals surface area contributed by atoms with Crippen LogP contribution in [0.25, 0.3) is 0 Å². The zero-order valence-electron chi connectivity index (χ0n) is 14.2. The number of anilines is 1. The van der Waals surface area contributed by atoms with Crippen LogP contribution in [-0.4, -0.2) is 26.5 Å². The highest BCUT2D eigenvalue weighted by Crippen LogP contribution is 2.32. The van der Waals surface area contributed by atoms with Gasteiger partial charge in [-0.15, -0.1) is 0 Å². The van der Waals surface area contributed by atoms with Crippen LogP contribution in [0.15, 0.2) is 23.1 Å². The lowest BCUT2D eigenvalue weighted by Crippen LogP contribution is -2.45. The molecule has 7 heteroatoms. The van der Waals surface area contributed by atoms with E-state index in [0.717, 1.165) is 0 Å². The number of carbonyl (C=O) groups excluding carboxylic acids is 1. The van der Waals surface area contributed by atoms with Gasteiger partial charge in [0, 0.05) is 5.54 Å². The summed E-state index contributed by atoms with van der Waals surface area (Å²) in [5.74, 6) is 0.172. The normalized spacial score (nSPS) is 15.6. The maximum Gasteiger partial charge on any atom is 0.262 e. The van der Waals surface area contributed by atoms with E-state index in [9.17, 15) is 13.2 Å². The van der Waals surface area contributed by atoms with Crippen molar-refractivity contribution in [2.75, 3.05) is 11.9 Å². The fourth-order valence-electron chi connectivity index (χ4n) is 3.01. The average molecular weight is 340 g/mol. The number of ether oxygens (including phenoxy) is 1. The van der Waals surface area contributed by atoms with Crippen LogP contribution in [0, 0.1) is 5.41 Å². The van der Waals surface area contributed by atoms with Gasteiger partial charge in [-0.1, -0.05) is 20.8 Å². The van der Waals surface area contributed by atoms with Gasteiger partial charge in [0.2, 0.25) is 10.0 Å². The van der Waals surface area contributed by atoms with E-state index in [1.165, 1.54) is 12.1 Å². The Kier molecular flexibility index (Phi) is 4.47. The number of amides is 1. The quantitative estimate of drug-likeness (QED) is 0.882. The van der Waals surface area contributed by atoms with Crippen LogP contribution >= 0.6 is 0 Å². The third-order valence-electron chi connectivity index (χ3n) is 3.28. The van der Waals surface area contributed by atoms with Crippen LogP contribution in [0.3, 0.4) is 0 Å². The van der Waals surface area contributed by atoms with Gasteiger partial charge in [-0.05, 0) is 43.9 Å². The lowest BCUT2D eigenvalue weighted by atomic mass is 9.82. The second-order valence-corrected chi connectivity index (χ2v) is 9.40. The Bertz CT molecular complexity index is 718. The van der Waals surface area contributed by atoms with E-state index in [1.807, 2.05) is 13.8 Å². The SMILES string of the molecule is CC(C)(C)CC(C)(C)NS(=O)(=O)c1ccc2c(c1)NC(=O)CO2. The van der Waals surface area contributed by atoms with Crippen LogP contribution in [0.4, 0.5) is 5.69 Å². The van der Waals surface area contributed by atoms with Gasteiger partial charge in [0.15, 0.2) is 6.61 Å². The summed E-state index contributed by atoms with van der Waals surface area (Å²) < 4.78 is 33.3. The number of nitrogens with one attached hydrogen (secondary N) is 2. The van der Waals surface area contributed by atoms with Crippen molar-refractivity contribution in [2.24, 2.45) is 5.41 Å². The number of fused-ring (bicyclic) bond motifs is 1. The molecule has 0 unspecified atom stereocenters. The predicted molar refractivity (Wildman–Crippen MR) is 89.0 cm³/mol. The first kappa shape index (κ1) is 17.7. The molecule has 23 heavy (non-hydrogen) atoms. The lowest BCUT2D eigenvalue weighted by Gasteiger charge is -2.33. The highest BCUT2D eigenvalue weighted by atomic mass is 32.2. The van der Waals surface area contributed by atoms with Crippen LogP contribution in [0.1, 0.15) is 41.0 Å².